The average Bonchev–Trinajstić information content (AvgIpc) is 2.16. The van der Waals surface area contributed by atoms with Gasteiger partial charge in [0.1, 0.15) is 0 Å². The van der Waals surface area contributed by atoms with Crippen LogP contribution in [0, 0.1) is 5.92 Å². The number of hydrogen-bond donors (Lipinski definition) is 1. The molecule has 0 radical (unpaired) electrons. The lowest BCUT2D eigenvalue weighted by Crippen LogP contribution is -2.00. The largest absolute Gasteiger partial charge is 0.411 e. The van der Waals surface area contributed by atoms with E-state index in [1.54, 1.807) is 6.92 Å². The normalized spacial score (nSPS) is 24.9. The molecule has 0 bridgehead atoms. The molecule has 0 aliphatic heterocycles. The van der Waals surface area contributed by atoms with E-state index in [2.05, 4.69) is 18.2 Å². The van der Waals surface area contributed by atoms with E-state index < -0.39 is 0 Å². The molecule has 13 heavy (non-hydrogen) atoms. The van der Waals surface area contributed by atoms with Crippen LogP contribution in [0.5, 0.6) is 0 Å². The van der Waals surface area contributed by atoms with E-state index in [-0.39, 0.29) is 0 Å². The molecular weight excluding hydrogens is 162 g/mol. The average molecular weight is 179 g/mol. The van der Waals surface area contributed by atoms with Crippen molar-refractivity contribution in [1.82, 2.24) is 0 Å². The second kappa shape index (κ2) is 4.85. The molecule has 0 saturated heterocycles. The molecule has 0 aromatic rings. The lowest BCUT2D eigenvalue weighted by Gasteiger charge is -2.15. The zero-order valence-electron chi connectivity index (χ0n) is 8.33. The molecule has 0 amide bonds. The highest BCUT2D eigenvalue weighted by atomic mass is 16.4. The van der Waals surface area contributed by atoms with Gasteiger partial charge in [0, 0.05) is 0 Å². The molecular formula is C11H17NO. The molecule has 2 nitrogen and oxygen atoms in total. The number of hydrogen-bond acceptors (Lipinski definition) is 2. The molecule has 1 aliphatic rings. The lowest BCUT2D eigenvalue weighted by atomic mass is 9.91. The minimum atomic E-state index is 0.652. The van der Waals surface area contributed by atoms with Gasteiger partial charge in [0.05, 0.1) is 5.71 Å². The molecule has 2 heteroatoms. The Bertz CT molecular complexity index is 251. The SMILES string of the molecule is CC(/C=C/C1=CCC(C)CC1)=N\O. The molecule has 1 unspecified atom stereocenters. The summed E-state index contributed by atoms with van der Waals surface area (Å²) in [5.74, 6) is 0.824. The summed E-state index contributed by atoms with van der Waals surface area (Å²) >= 11 is 0. The van der Waals surface area contributed by atoms with Gasteiger partial charge in [-0.05, 0) is 38.2 Å². The zero-order valence-corrected chi connectivity index (χ0v) is 8.33. The number of nitrogens with zero attached hydrogens (tertiary/aromatic N) is 1. The van der Waals surface area contributed by atoms with Crippen LogP contribution in [0.15, 0.2) is 29.0 Å². The summed E-state index contributed by atoms with van der Waals surface area (Å²) in [6.07, 6.45) is 9.76. The van der Waals surface area contributed by atoms with Crippen molar-refractivity contribution in [2.75, 3.05) is 0 Å². The third-order valence-corrected chi connectivity index (χ3v) is 2.40. The summed E-state index contributed by atoms with van der Waals surface area (Å²) in [6, 6.07) is 0. The standard InChI is InChI=1S/C11H17NO/c1-9-3-6-11(7-4-9)8-5-10(2)12-13/h5-6,8-9,13H,3-4,7H2,1-2H3/b8-5+,12-10+. The van der Waals surface area contributed by atoms with Gasteiger partial charge in [-0.25, -0.2) is 0 Å². The van der Waals surface area contributed by atoms with Crippen molar-refractivity contribution in [3.63, 3.8) is 0 Å². The van der Waals surface area contributed by atoms with Gasteiger partial charge >= 0.3 is 0 Å². The van der Waals surface area contributed by atoms with E-state index in [0.717, 1.165) is 12.3 Å². The van der Waals surface area contributed by atoms with Gasteiger partial charge in [-0.1, -0.05) is 29.8 Å². The lowest BCUT2D eigenvalue weighted by molar-refractivity contribution is 0.319. The molecule has 0 saturated carbocycles. The van der Waals surface area contributed by atoms with Crippen molar-refractivity contribution in [1.29, 1.82) is 0 Å². The van der Waals surface area contributed by atoms with Crippen LogP contribution in [-0.2, 0) is 0 Å². The minimum Gasteiger partial charge on any atom is -0.411 e. The Hall–Kier alpha value is -1.05. The van der Waals surface area contributed by atoms with Crippen molar-refractivity contribution in [3.05, 3.63) is 23.8 Å². The maximum atomic E-state index is 8.42. The topological polar surface area (TPSA) is 32.6 Å². The third-order valence-electron chi connectivity index (χ3n) is 2.40. The molecule has 1 aliphatic carbocycles. The van der Waals surface area contributed by atoms with Crippen molar-refractivity contribution < 1.29 is 5.21 Å². The highest BCUT2D eigenvalue weighted by molar-refractivity contribution is 5.92. The van der Waals surface area contributed by atoms with Crippen LogP contribution in [0.3, 0.4) is 0 Å². The fourth-order valence-corrected chi connectivity index (χ4v) is 1.40. The van der Waals surface area contributed by atoms with Gasteiger partial charge in [-0.15, -0.1) is 0 Å². The van der Waals surface area contributed by atoms with Crippen molar-refractivity contribution >= 4 is 5.71 Å². The summed E-state index contributed by atoms with van der Waals surface area (Å²) in [7, 11) is 0. The summed E-state index contributed by atoms with van der Waals surface area (Å²) in [5, 5.41) is 11.5. The first kappa shape index (κ1) is 10.0. The Balaban J connectivity index is 2.50. The molecule has 0 fully saturated rings. The summed E-state index contributed by atoms with van der Waals surface area (Å²) in [4.78, 5) is 0. The van der Waals surface area contributed by atoms with Crippen molar-refractivity contribution in [2.45, 2.75) is 33.1 Å². The van der Waals surface area contributed by atoms with Crippen LogP contribution in [0.25, 0.3) is 0 Å². The number of oxime groups is 1. The van der Waals surface area contributed by atoms with Crippen LogP contribution in [0.1, 0.15) is 33.1 Å². The molecule has 1 atom stereocenters. The molecule has 0 spiro atoms. The van der Waals surface area contributed by atoms with Gasteiger partial charge in [0.2, 0.25) is 0 Å². The Morgan fingerprint density at radius 3 is 3.00 bits per heavy atom. The van der Waals surface area contributed by atoms with Gasteiger partial charge in [-0.3, -0.25) is 0 Å². The minimum absolute atomic E-state index is 0.652. The second-order valence-corrected chi connectivity index (χ2v) is 3.73. The quantitative estimate of drug-likeness (QED) is 0.394. The van der Waals surface area contributed by atoms with E-state index in [1.807, 2.05) is 12.2 Å². The number of rotatable bonds is 2. The van der Waals surface area contributed by atoms with E-state index in [1.165, 1.54) is 18.4 Å². The van der Waals surface area contributed by atoms with Crippen LogP contribution >= 0.6 is 0 Å². The van der Waals surface area contributed by atoms with Gasteiger partial charge in [0.25, 0.3) is 0 Å². The van der Waals surface area contributed by atoms with E-state index >= 15 is 0 Å². The van der Waals surface area contributed by atoms with Crippen molar-refractivity contribution in [2.24, 2.45) is 11.1 Å². The van der Waals surface area contributed by atoms with E-state index in [0.29, 0.717) is 5.71 Å². The molecule has 72 valence electrons. The van der Waals surface area contributed by atoms with Crippen LogP contribution in [0.4, 0.5) is 0 Å². The van der Waals surface area contributed by atoms with Gasteiger partial charge < -0.3 is 5.21 Å². The fourth-order valence-electron chi connectivity index (χ4n) is 1.40. The molecule has 0 heterocycles. The van der Waals surface area contributed by atoms with Gasteiger partial charge in [0.15, 0.2) is 0 Å². The van der Waals surface area contributed by atoms with E-state index in [4.69, 9.17) is 5.21 Å². The first-order chi connectivity index (χ1) is 6.22. The predicted molar refractivity (Wildman–Crippen MR) is 55.1 cm³/mol. The smallest absolute Gasteiger partial charge is 0.0764 e. The third kappa shape index (κ3) is 3.45. The fraction of sp³-hybridized carbons (Fsp3) is 0.545. The highest BCUT2D eigenvalue weighted by Gasteiger charge is 2.07. The van der Waals surface area contributed by atoms with Crippen molar-refractivity contribution in [3.8, 4) is 0 Å². The van der Waals surface area contributed by atoms with Crippen LogP contribution in [0.2, 0.25) is 0 Å². The summed E-state index contributed by atoms with van der Waals surface area (Å²) in [5.41, 5.74) is 2.01. The molecule has 0 aromatic carbocycles. The Morgan fingerprint density at radius 1 is 1.69 bits per heavy atom. The summed E-state index contributed by atoms with van der Waals surface area (Å²) < 4.78 is 0. The monoisotopic (exact) mass is 179 g/mol. The van der Waals surface area contributed by atoms with Gasteiger partial charge in [-0.2, -0.15) is 0 Å². The maximum Gasteiger partial charge on any atom is 0.0764 e. The highest BCUT2D eigenvalue weighted by Crippen LogP contribution is 2.23. The Morgan fingerprint density at radius 2 is 2.46 bits per heavy atom. The second-order valence-electron chi connectivity index (χ2n) is 3.73. The van der Waals surface area contributed by atoms with E-state index in [9.17, 15) is 0 Å². The molecule has 1 rings (SSSR count). The Labute approximate surface area is 79.6 Å². The predicted octanol–water partition coefficient (Wildman–Crippen LogP) is 3.14. The molecule has 0 aromatic heterocycles. The van der Waals surface area contributed by atoms with Crippen LogP contribution < -0.4 is 0 Å². The first-order valence-electron chi connectivity index (χ1n) is 4.78. The zero-order chi connectivity index (χ0) is 9.68. The number of allylic oxidation sites excluding steroid dienone is 4. The van der Waals surface area contributed by atoms with Crippen LogP contribution in [-0.4, -0.2) is 10.9 Å². The first-order valence-corrected chi connectivity index (χ1v) is 4.78. The molecule has 1 N–H and O–H groups in total. The summed E-state index contributed by atoms with van der Waals surface area (Å²) in [6.45, 7) is 4.06. The maximum absolute atomic E-state index is 8.42. The Kier molecular flexibility index (Phi) is 3.74.